The number of nitrogens with zero attached hydrogens (tertiary/aromatic N) is 1. The van der Waals surface area contributed by atoms with Gasteiger partial charge in [0.2, 0.25) is 5.91 Å². The van der Waals surface area contributed by atoms with E-state index in [4.69, 9.17) is 0 Å². The van der Waals surface area contributed by atoms with Crippen molar-refractivity contribution in [1.29, 1.82) is 0 Å². The first kappa shape index (κ1) is 21.5. The number of halogens is 3. The fraction of sp³-hybridized carbons (Fsp3) is 0.333. The Morgan fingerprint density at radius 2 is 1.73 bits per heavy atom. The summed E-state index contributed by atoms with van der Waals surface area (Å²) >= 11 is 0. The lowest BCUT2D eigenvalue weighted by Crippen LogP contribution is -2.30. The average molecular weight is 421 g/mol. The molecule has 0 bridgehead atoms. The zero-order valence-electron chi connectivity index (χ0n) is 16.4. The minimum absolute atomic E-state index is 0.0613. The molecule has 2 amide bonds. The van der Waals surface area contributed by atoms with Crippen molar-refractivity contribution >= 4 is 23.2 Å². The summed E-state index contributed by atoms with van der Waals surface area (Å²) in [5, 5.41) is 5.57. The number of amides is 2. The van der Waals surface area contributed by atoms with Crippen molar-refractivity contribution in [1.82, 2.24) is 4.90 Å². The van der Waals surface area contributed by atoms with Gasteiger partial charge in [0.15, 0.2) is 0 Å². The first-order valence-corrected chi connectivity index (χ1v) is 9.51. The van der Waals surface area contributed by atoms with Gasteiger partial charge in [-0.15, -0.1) is 13.2 Å². The molecule has 3 rings (SSSR count). The number of carbonyl (C=O) groups is 2. The normalized spacial score (nSPS) is 13.8. The molecule has 6 nitrogen and oxygen atoms in total. The molecule has 1 aliphatic heterocycles. The third-order valence-corrected chi connectivity index (χ3v) is 4.69. The second-order valence-electron chi connectivity index (χ2n) is 6.97. The Labute approximate surface area is 172 Å². The molecule has 1 fully saturated rings. The van der Waals surface area contributed by atoms with Crippen LogP contribution < -0.4 is 15.4 Å². The maximum absolute atomic E-state index is 12.8. The van der Waals surface area contributed by atoms with E-state index >= 15 is 0 Å². The van der Waals surface area contributed by atoms with Crippen LogP contribution >= 0.6 is 0 Å². The zero-order valence-corrected chi connectivity index (χ0v) is 16.4. The summed E-state index contributed by atoms with van der Waals surface area (Å²) in [5.74, 6) is -0.835. The van der Waals surface area contributed by atoms with Crippen molar-refractivity contribution in [3.05, 3.63) is 53.6 Å². The van der Waals surface area contributed by atoms with Crippen LogP contribution in [-0.4, -0.2) is 42.7 Å². The van der Waals surface area contributed by atoms with Crippen molar-refractivity contribution in [3.63, 3.8) is 0 Å². The van der Waals surface area contributed by atoms with E-state index in [0.717, 1.165) is 43.6 Å². The predicted molar refractivity (Wildman–Crippen MR) is 107 cm³/mol. The highest BCUT2D eigenvalue weighted by Gasteiger charge is 2.31. The van der Waals surface area contributed by atoms with Crippen molar-refractivity contribution < 1.29 is 27.5 Å². The smallest absolute Gasteiger partial charge is 0.406 e. The molecule has 0 radical (unpaired) electrons. The fourth-order valence-electron chi connectivity index (χ4n) is 3.30. The molecule has 0 atom stereocenters. The highest BCUT2D eigenvalue weighted by Crippen LogP contribution is 2.25. The number of likely N-dealkylation sites (tertiary alicyclic amines) is 1. The molecule has 0 saturated carbocycles. The summed E-state index contributed by atoms with van der Waals surface area (Å²) in [6.07, 6.45) is -2.81. The molecule has 0 spiro atoms. The molecule has 2 N–H and O–H groups in total. The Morgan fingerprint density at radius 1 is 1.07 bits per heavy atom. The first-order chi connectivity index (χ1) is 14.2. The minimum atomic E-state index is -4.77. The van der Waals surface area contributed by atoms with Gasteiger partial charge < -0.3 is 20.3 Å². The van der Waals surface area contributed by atoms with Gasteiger partial charge in [0, 0.05) is 24.5 Å². The SMILES string of the molecule is Cc1cccc(NCC(=O)Nc2ccc(OC(F)(F)F)cc2)c1C(=O)N1CCCC1. The number of ether oxygens (including phenoxy) is 1. The Bertz CT molecular complexity index is 908. The van der Waals surface area contributed by atoms with Crippen molar-refractivity contribution in [3.8, 4) is 5.75 Å². The van der Waals surface area contributed by atoms with E-state index < -0.39 is 12.3 Å². The maximum Gasteiger partial charge on any atom is 0.573 e. The molecule has 160 valence electrons. The van der Waals surface area contributed by atoms with E-state index in [1.807, 2.05) is 13.0 Å². The molecular weight excluding hydrogens is 399 g/mol. The Morgan fingerprint density at radius 3 is 2.37 bits per heavy atom. The monoisotopic (exact) mass is 421 g/mol. The van der Waals surface area contributed by atoms with Crippen molar-refractivity contribution in [2.75, 3.05) is 30.3 Å². The fourth-order valence-corrected chi connectivity index (χ4v) is 3.30. The molecule has 1 aliphatic rings. The summed E-state index contributed by atoms with van der Waals surface area (Å²) in [6.45, 7) is 3.19. The maximum atomic E-state index is 12.8. The second kappa shape index (κ2) is 9.06. The highest BCUT2D eigenvalue weighted by molar-refractivity contribution is 6.02. The summed E-state index contributed by atoms with van der Waals surface area (Å²) in [5.41, 5.74) is 2.25. The summed E-state index contributed by atoms with van der Waals surface area (Å²) in [6, 6.07) is 10.2. The van der Waals surface area contributed by atoms with E-state index in [-0.39, 0.29) is 18.2 Å². The quantitative estimate of drug-likeness (QED) is 0.734. The summed E-state index contributed by atoms with van der Waals surface area (Å²) in [7, 11) is 0. The van der Waals surface area contributed by atoms with Crippen LogP contribution in [0.15, 0.2) is 42.5 Å². The predicted octanol–water partition coefficient (Wildman–Crippen LogP) is 4.18. The number of nitrogens with one attached hydrogen (secondary N) is 2. The van der Waals surface area contributed by atoms with E-state index in [1.54, 1.807) is 17.0 Å². The van der Waals surface area contributed by atoms with Crippen LogP contribution in [0.3, 0.4) is 0 Å². The molecule has 0 aliphatic carbocycles. The van der Waals surface area contributed by atoms with Gasteiger partial charge in [-0.2, -0.15) is 0 Å². The zero-order chi connectivity index (χ0) is 21.7. The lowest BCUT2D eigenvalue weighted by atomic mass is 10.0. The van der Waals surface area contributed by atoms with Gasteiger partial charge >= 0.3 is 6.36 Å². The van der Waals surface area contributed by atoms with Crippen LogP contribution in [0.1, 0.15) is 28.8 Å². The first-order valence-electron chi connectivity index (χ1n) is 9.51. The van der Waals surface area contributed by atoms with E-state index in [9.17, 15) is 22.8 Å². The van der Waals surface area contributed by atoms with Crippen LogP contribution in [-0.2, 0) is 4.79 Å². The van der Waals surface area contributed by atoms with E-state index in [1.165, 1.54) is 12.1 Å². The largest absolute Gasteiger partial charge is 0.573 e. The van der Waals surface area contributed by atoms with Gasteiger partial charge in [-0.3, -0.25) is 9.59 Å². The Balaban J connectivity index is 1.61. The molecule has 30 heavy (non-hydrogen) atoms. The number of aryl methyl sites for hydroxylation is 1. The van der Waals surface area contributed by atoms with Crippen molar-refractivity contribution in [2.24, 2.45) is 0 Å². The van der Waals surface area contributed by atoms with Gasteiger partial charge in [0.05, 0.1) is 12.1 Å². The lowest BCUT2D eigenvalue weighted by molar-refractivity contribution is -0.274. The standard InChI is InChI=1S/C21H22F3N3O3/c1-14-5-4-6-17(19(14)20(29)27-11-2-3-12-27)25-13-18(28)26-15-7-9-16(10-8-15)30-21(22,23)24/h4-10,25H,2-3,11-13H2,1H3,(H,26,28). The second-order valence-corrected chi connectivity index (χ2v) is 6.97. The van der Waals surface area contributed by atoms with Crippen LogP contribution in [0.5, 0.6) is 5.75 Å². The topological polar surface area (TPSA) is 70.7 Å². The summed E-state index contributed by atoms with van der Waals surface area (Å²) < 4.78 is 40.4. The number of hydrogen-bond donors (Lipinski definition) is 2. The number of hydrogen-bond acceptors (Lipinski definition) is 4. The molecule has 2 aromatic carbocycles. The molecule has 2 aromatic rings. The molecule has 0 unspecified atom stereocenters. The molecule has 1 heterocycles. The number of anilines is 2. The van der Waals surface area contributed by atoms with Crippen LogP contribution in [0.4, 0.5) is 24.5 Å². The third kappa shape index (κ3) is 5.65. The molecule has 9 heteroatoms. The highest BCUT2D eigenvalue weighted by atomic mass is 19.4. The third-order valence-electron chi connectivity index (χ3n) is 4.69. The Hall–Kier alpha value is -3.23. The van der Waals surface area contributed by atoms with Gasteiger partial charge in [-0.05, 0) is 55.7 Å². The van der Waals surface area contributed by atoms with Gasteiger partial charge in [-0.25, -0.2) is 0 Å². The number of rotatable bonds is 6. The molecule has 1 saturated heterocycles. The average Bonchev–Trinajstić information content (AvgIpc) is 3.21. The van der Waals surface area contributed by atoms with E-state index in [2.05, 4.69) is 15.4 Å². The van der Waals surface area contributed by atoms with Gasteiger partial charge in [0.25, 0.3) is 5.91 Å². The van der Waals surface area contributed by atoms with E-state index in [0.29, 0.717) is 16.9 Å². The van der Waals surface area contributed by atoms with Crippen LogP contribution in [0, 0.1) is 6.92 Å². The van der Waals surface area contributed by atoms with Crippen LogP contribution in [0.2, 0.25) is 0 Å². The molecule has 0 aromatic heterocycles. The summed E-state index contributed by atoms with van der Waals surface area (Å²) in [4.78, 5) is 26.9. The molecular formula is C21H22F3N3O3. The van der Waals surface area contributed by atoms with Gasteiger partial charge in [0.1, 0.15) is 5.75 Å². The number of benzene rings is 2. The van der Waals surface area contributed by atoms with Gasteiger partial charge in [-0.1, -0.05) is 12.1 Å². The number of carbonyl (C=O) groups excluding carboxylic acids is 2. The number of alkyl halides is 3. The van der Waals surface area contributed by atoms with Crippen LogP contribution in [0.25, 0.3) is 0 Å². The van der Waals surface area contributed by atoms with Crippen molar-refractivity contribution in [2.45, 2.75) is 26.1 Å². The minimum Gasteiger partial charge on any atom is -0.406 e. The lowest BCUT2D eigenvalue weighted by Gasteiger charge is -2.20. The Kier molecular flexibility index (Phi) is 6.49.